The second-order valence-corrected chi connectivity index (χ2v) is 4.49. The third-order valence-electron chi connectivity index (χ3n) is 2.14. The van der Waals surface area contributed by atoms with Crippen LogP contribution in [0.25, 0.3) is 0 Å². The molecule has 2 aromatic rings. The molecule has 0 amide bonds. The van der Waals surface area contributed by atoms with Crippen LogP contribution in [0.4, 0.5) is 0 Å². The summed E-state index contributed by atoms with van der Waals surface area (Å²) in [6.07, 6.45) is 5.29. The van der Waals surface area contributed by atoms with Crippen LogP contribution in [0.1, 0.15) is 20.1 Å². The van der Waals surface area contributed by atoms with Crippen LogP contribution in [-0.4, -0.2) is 20.6 Å². The van der Waals surface area contributed by atoms with Crippen molar-refractivity contribution in [3.05, 3.63) is 40.1 Å². The first-order valence-corrected chi connectivity index (χ1v) is 5.27. The van der Waals surface area contributed by atoms with E-state index >= 15 is 0 Å². The average Bonchev–Trinajstić information content (AvgIpc) is 2.77. The van der Waals surface area contributed by atoms with Crippen LogP contribution in [0.15, 0.2) is 24.8 Å². The van der Waals surface area contributed by atoms with E-state index in [1.54, 1.807) is 18.6 Å². The minimum Gasteiger partial charge on any atom is -0.477 e. The summed E-state index contributed by atoms with van der Waals surface area (Å²) in [6, 6.07) is 1.72. The largest absolute Gasteiger partial charge is 0.477 e. The van der Waals surface area contributed by atoms with Gasteiger partial charge in [0.15, 0.2) is 0 Å². The molecular weight excluding hydrogens is 212 g/mol. The monoisotopic (exact) mass is 222 g/mol. The van der Waals surface area contributed by atoms with Crippen molar-refractivity contribution in [2.24, 2.45) is 0 Å². The highest BCUT2D eigenvalue weighted by Gasteiger charge is 2.10. The van der Waals surface area contributed by atoms with E-state index in [1.165, 1.54) is 11.3 Å². The zero-order valence-electron chi connectivity index (χ0n) is 8.17. The van der Waals surface area contributed by atoms with Crippen molar-refractivity contribution in [3.63, 3.8) is 0 Å². The van der Waals surface area contributed by atoms with Gasteiger partial charge in [0.1, 0.15) is 4.88 Å². The minimum absolute atomic E-state index is 0.391. The third kappa shape index (κ3) is 2.07. The minimum atomic E-state index is -0.861. The normalized spacial score (nSPS) is 10.5. The Morgan fingerprint density at radius 2 is 2.47 bits per heavy atom. The summed E-state index contributed by atoms with van der Waals surface area (Å²) in [5.41, 5.74) is 1.04. The number of carbonyl (C=O) groups is 1. The third-order valence-corrected chi connectivity index (χ3v) is 3.22. The number of hydrogen-bond donors (Lipinski definition) is 1. The van der Waals surface area contributed by atoms with Crippen molar-refractivity contribution in [1.29, 1.82) is 0 Å². The number of aromatic nitrogens is 2. The SMILES string of the molecule is Cc1sc(C(=O)O)cc1Cn1ccnc1. The second kappa shape index (κ2) is 3.86. The van der Waals surface area contributed by atoms with Gasteiger partial charge in [-0.05, 0) is 18.6 Å². The average molecular weight is 222 g/mol. The molecule has 1 N–H and O–H groups in total. The van der Waals surface area contributed by atoms with E-state index in [9.17, 15) is 4.79 Å². The zero-order chi connectivity index (χ0) is 10.8. The summed E-state index contributed by atoms with van der Waals surface area (Å²) in [4.78, 5) is 16.1. The van der Waals surface area contributed by atoms with Crippen LogP contribution in [0.5, 0.6) is 0 Å². The van der Waals surface area contributed by atoms with Gasteiger partial charge in [-0.2, -0.15) is 0 Å². The Bertz CT molecular complexity index is 474. The summed E-state index contributed by atoms with van der Waals surface area (Å²) < 4.78 is 1.92. The van der Waals surface area contributed by atoms with Crippen LogP contribution in [-0.2, 0) is 6.54 Å². The number of rotatable bonds is 3. The Kier molecular flexibility index (Phi) is 2.55. The number of aromatic carboxylic acids is 1. The molecule has 78 valence electrons. The highest BCUT2D eigenvalue weighted by Crippen LogP contribution is 2.22. The number of aryl methyl sites for hydroxylation is 1. The highest BCUT2D eigenvalue weighted by atomic mass is 32.1. The molecule has 15 heavy (non-hydrogen) atoms. The van der Waals surface area contributed by atoms with Gasteiger partial charge in [0.25, 0.3) is 0 Å². The second-order valence-electron chi connectivity index (χ2n) is 3.23. The topological polar surface area (TPSA) is 55.1 Å². The van der Waals surface area contributed by atoms with Crippen LogP contribution in [0, 0.1) is 6.92 Å². The van der Waals surface area contributed by atoms with E-state index in [4.69, 9.17) is 5.11 Å². The molecule has 0 saturated heterocycles. The number of carboxylic acid groups (broad SMARTS) is 1. The van der Waals surface area contributed by atoms with Crippen LogP contribution < -0.4 is 0 Å². The first-order chi connectivity index (χ1) is 7.16. The molecule has 0 aliphatic heterocycles. The quantitative estimate of drug-likeness (QED) is 0.864. The van der Waals surface area contributed by atoms with E-state index in [0.717, 1.165) is 10.4 Å². The number of nitrogens with zero attached hydrogens (tertiary/aromatic N) is 2. The van der Waals surface area contributed by atoms with Gasteiger partial charge in [-0.25, -0.2) is 9.78 Å². The van der Waals surface area contributed by atoms with E-state index in [0.29, 0.717) is 11.4 Å². The predicted octanol–water partition coefficient (Wildman–Crippen LogP) is 2.00. The van der Waals surface area contributed by atoms with E-state index in [2.05, 4.69) is 4.98 Å². The molecule has 0 aromatic carbocycles. The van der Waals surface area contributed by atoms with Crippen molar-refractivity contribution in [2.45, 2.75) is 13.5 Å². The van der Waals surface area contributed by atoms with Crippen molar-refractivity contribution in [1.82, 2.24) is 9.55 Å². The van der Waals surface area contributed by atoms with Crippen LogP contribution in [0.2, 0.25) is 0 Å². The molecule has 0 spiro atoms. The number of thiophene rings is 1. The molecule has 0 fully saturated rings. The maximum absolute atomic E-state index is 10.8. The molecule has 0 aliphatic carbocycles. The molecule has 2 rings (SSSR count). The van der Waals surface area contributed by atoms with Crippen molar-refractivity contribution >= 4 is 17.3 Å². The number of hydrogen-bond acceptors (Lipinski definition) is 3. The van der Waals surface area contributed by atoms with Gasteiger partial charge in [-0.1, -0.05) is 0 Å². The molecule has 0 saturated carbocycles. The van der Waals surface area contributed by atoms with E-state index < -0.39 is 5.97 Å². The van der Waals surface area contributed by atoms with Gasteiger partial charge in [-0.15, -0.1) is 11.3 Å². The lowest BCUT2D eigenvalue weighted by atomic mass is 10.2. The molecule has 5 heteroatoms. The summed E-state index contributed by atoms with van der Waals surface area (Å²) in [7, 11) is 0. The molecule has 4 nitrogen and oxygen atoms in total. The van der Waals surface area contributed by atoms with Crippen molar-refractivity contribution in [2.75, 3.05) is 0 Å². The maximum atomic E-state index is 10.8. The molecule has 2 aromatic heterocycles. The fourth-order valence-corrected chi connectivity index (χ4v) is 2.23. The maximum Gasteiger partial charge on any atom is 0.345 e. The van der Waals surface area contributed by atoms with Gasteiger partial charge in [0.05, 0.1) is 6.33 Å². The summed E-state index contributed by atoms with van der Waals surface area (Å²) >= 11 is 1.31. The lowest BCUT2D eigenvalue weighted by Gasteiger charge is -1.99. The Morgan fingerprint density at radius 1 is 1.67 bits per heavy atom. The smallest absolute Gasteiger partial charge is 0.345 e. The Hall–Kier alpha value is -1.62. The molecule has 0 radical (unpaired) electrons. The Morgan fingerprint density at radius 3 is 3.00 bits per heavy atom. The number of imidazole rings is 1. The van der Waals surface area contributed by atoms with Crippen LogP contribution >= 0.6 is 11.3 Å². The zero-order valence-corrected chi connectivity index (χ0v) is 8.99. The fourth-order valence-electron chi connectivity index (χ4n) is 1.36. The highest BCUT2D eigenvalue weighted by molar-refractivity contribution is 7.14. The summed E-state index contributed by atoms with van der Waals surface area (Å²) in [6.45, 7) is 2.61. The summed E-state index contributed by atoms with van der Waals surface area (Å²) in [5, 5.41) is 8.84. The molecular formula is C10H10N2O2S. The fraction of sp³-hybridized carbons (Fsp3) is 0.200. The Balaban J connectivity index is 2.25. The van der Waals surface area contributed by atoms with Gasteiger partial charge in [0.2, 0.25) is 0 Å². The van der Waals surface area contributed by atoms with Gasteiger partial charge >= 0.3 is 5.97 Å². The number of carboxylic acids is 1. The summed E-state index contributed by atoms with van der Waals surface area (Å²) in [5.74, 6) is -0.861. The van der Waals surface area contributed by atoms with Crippen LogP contribution in [0.3, 0.4) is 0 Å². The molecule has 2 heterocycles. The Labute approximate surface area is 90.8 Å². The molecule has 0 atom stereocenters. The molecule has 0 unspecified atom stereocenters. The van der Waals surface area contributed by atoms with Crippen molar-refractivity contribution in [3.8, 4) is 0 Å². The van der Waals surface area contributed by atoms with Gasteiger partial charge < -0.3 is 9.67 Å². The van der Waals surface area contributed by atoms with E-state index in [1.807, 2.05) is 17.7 Å². The lowest BCUT2D eigenvalue weighted by Crippen LogP contribution is -1.96. The molecule has 0 aliphatic rings. The standard InChI is InChI=1S/C10H10N2O2S/c1-7-8(4-9(15-7)10(13)14)5-12-3-2-11-6-12/h2-4,6H,5H2,1H3,(H,13,14). The van der Waals surface area contributed by atoms with Gasteiger partial charge in [-0.3, -0.25) is 0 Å². The first-order valence-electron chi connectivity index (χ1n) is 4.45. The van der Waals surface area contributed by atoms with Crippen molar-refractivity contribution < 1.29 is 9.90 Å². The van der Waals surface area contributed by atoms with E-state index in [-0.39, 0.29) is 0 Å². The van der Waals surface area contributed by atoms with Gasteiger partial charge in [0, 0.05) is 23.8 Å². The molecule has 0 bridgehead atoms. The first kappa shape index (κ1) is 9.92. The predicted molar refractivity (Wildman–Crippen MR) is 57.3 cm³/mol. The lowest BCUT2D eigenvalue weighted by molar-refractivity contribution is 0.0702.